The third kappa shape index (κ3) is 2.54. The molecule has 0 aromatic heterocycles. The highest BCUT2D eigenvalue weighted by Crippen LogP contribution is 2.35. The van der Waals surface area contributed by atoms with E-state index in [2.05, 4.69) is 43.9 Å². The molecular formula is C12H13Br2FN3. The van der Waals surface area contributed by atoms with Gasteiger partial charge >= 0.3 is 0 Å². The highest BCUT2D eigenvalue weighted by Gasteiger charge is 2.25. The van der Waals surface area contributed by atoms with Gasteiger partial charge in [0.25, 0.3) is 0 Å². The van der Waals surface area contributed by atoms with Gasteiger partial charge in [-0.15, -0.1) is 0 Å². The topological polar surface area (TPSA) is 18.8 Å². The summed E-state index contributed by atoms with van der Waals surface area (Å²) in [6.45, 7) is 4.53. The fourth-order valence-electron chi connectivity index (χ4n) is 1.98. The van der Waals surface area contributed by atoms with Crippen molar-refractivity contribution in [3.05, 3.63) is 34.9 Å². The molecule has 0 saturated heterocycles. The second-order valence-corrected chi connectivity index (χ2v) is 5.44. The molecule has 0 spiro atoms. The van der Waals surface area contributed by atoms with Gasteiger partial charge in [-0.2, -0.15) is 5.10 Å². The van der Waals surface area contributed by atoms with Crippen LogP contribution in [0.1, 0.15) is 12.0 Å². The van der Waals surface area contributed by atoms with Gasteiger partial charge in [-0.1, -0.05) is 15.9 Å². The van der Waals surface area contributed by atoms with Crippen molar-refractivity contribution in [1.82, 2.24) is 5.01 Å². The summed E-state index contributed by atoms with van der Waals surface area (Å²) in [7, 11) is 1.90. The maximum atomic E-state index is 13.4. The largest absolute Gasteiger partial charge is 0.307 e. The van der Waals surface area contributed by atoms with Gasteiger partial charge in [0.2, 0.25) is 0 Å². The Morgan fingerprint density at radius 1 is 1.50 bits per heavy atom. The number of anilines is 1. The standard InChI is InChI=1S/C12H13Br2FN3/c1-3-11-16-17(2)7-18(11)12-8(6-13)4-9(15)5-10(12)14/h4-5H,1,3,6-7H2,2H3. The summed E-state index contributed by atoms with van der Waals surface area (Å²) < 4.78 is 14.1. The zero-order chi connectivity index (χ0) is 13.3. The van der Waals surface area contributed by atoms with Gasteiger partial charge < -0.3 is 4.90 Å². The second kappa shape index (κ2) is 5.57. The van der Waals surface area contributed by atoms with Crippen molar-refractivity contribution < 1.29 is 4.39 Å². The lowest BCUT2D eigenvalue weighted by Gasteiger charge is -2.24. The smallest absolute Gasteiger partial charge is 0.131 e. The maximum absolute atomic E-state index is 13.4. The molecule has 0 amide bonds. The quantitative estimate of drug-likeness (QED) is 0.747. The third-order valence-corrected chi connectivity index (χ3v) is 3.90. The second-order valence-electron chi connectivity index (χ2n) is 4.02. The van der Waals surface area contributed by atoms with E-state index in [-0.39, 0.29) is 5.82 Å². The van der Waals surface area contributed by atoms with Gasteiger partial charge in [-0.25, -0.2) is 4.39 Å². The average molecular weight is 378 g/mol. The molecule has 0 atom stereocenters. The number of benzene rings is 1. The van der Waals surface area contributed by atoms with E-state index in [1.807, 2.05) is 17.0 Å². The lowest BCUT2D eigenvalue weighted by atomic mass is 10.1. The van der Waals surface area contributed by atoms with Crippen LogP contribution in [0, 0.1) is 12.7 Å². The normalized spacial score (nSPS) is 15.3. The Bertz CT molecular complexity index is 490. The molecule has 2 rings (SSSR count). The molecule has 0 bridgehead atoms. The minimum atomic E-state index is -0.249. The van der Waals surface area contributed by atoms with E-state index in [1.54, 1.807) is 0 Å². The van der Waals surface area contributed by atoms with Crippen LogP contribution in [0.25, 0.3) is 0 Å². The number of nitrogens with zero attached hydrogens (tertiary/aromatic N) is 3. The predicted molar refractivity (Wildman–Crippen MR) is 79.2 cm³/mol. The third-order valence-electron chi connectivity index (χ3n) is 2.69. The molecule has 1 heterocycles. The monoisotopic (exact) mass is 376 g/mol. The molecule has 0 N–H and O–H groups in total. The molecule has 1 aromatic rings. The Kier molecular flexibility index (Phi) is 4.27. The van der Waals surface area contributed by atoms with Crippen LogP contribution in [0.15, 0.2) is 21.7 Å². The molecule has 0 saturated carbocycles. The summed E-state index contributed by atoms with van der Waals surface area (Å²) in [6.07, 6.45) is 0.593. The minimum Gasteiger partial charge on any atom is -0.307 e. The SMILES string of the molecule is [CH2]CC1=NN(C)CN1c1c(Br)cc(F)cc1CBr. The highest BCUT2D eigenvalue weighted by atomic mass is 79.9. The number of hydrogen-bond acceptors (Lipinski definition) is 3. The average Bonchev–Trinajstić information content (AvgIpc) is 2.68. The van der Waals surface area contributed by atoms with E-state index in [4.69, 9.17) is 0 Å². The van der Waals surface area contributed by atoms with Crippen LogP contribution in [-0.2, 0) is 5.33 Å². The van der Waals surface area contributed by atoms with Gasteiger partial charge in [-0.05, 0) is 40.5 Å². The van der Waals surface area contributed by atoms with Crippen molar-refractivity contribution >= 4 is 43.4 Å². The van der Waals surface area contributed by atoms with Crippen LogP contribution in [-0.4, -0.2) is 24.6 Å². The van der Waals surface area contributed by atoms with Gasteiger partial charge in [0.15, 0.2) is 0 Å². The Labute approximate surface area is 123 Å². The molecule has 3 nitrogen and oxygen atoms in total. The van der Waals surface area contributed by atoms with Gasteiger partial charge in [0, 0.05) is 23.3 Å². The molecule has 0 aliphatic carbocycles. The Morgan fingerprint density at radius 2 is 2.22 bits per heavy atom. The first kappa shape index (κ1) is 13.8. The zero-order valence-corrected chi connectivity index (χ0v) is 13.1. The molecule has 1 aromatic carbocycles. The predicted octanol–water partition coefficient (Wildman–Crippen LogP) is 3.73. The number of alkyl halides is 1. The van der Waals surface area contributed by atoms with E-state index < -0.39 is 0 Å². The van der Waals surface area contributed by atoms with Gasteiger partial charge in [-0.3, -0.25) is 5.01 Å². The maximum Gasteiger partial charge on any atom is 0.131 e. The molecule has 1 radical (unpaired) electrons. The van der Waals surface area contributed by atoms with Crippen molar-refractivity contribution in [1.29, 1.82) is 0 Å². The van der Waals surface area contributed by atoms with E-state index in [9.17, 15) is 4.39 Å². The van der Waals surface area contributed by atoms with E-state index in [0.717, 1.165) is 21.6 Å². The number of hydrazone groups is 1. The summed E-state index contributed by atoms with van der Waals surface area (Å²) in [6, 6.07) is 3.01. The lowest BCUT2D eigenvalue weighted by Crippen LogP contribution is -2.30. The van der Waals surface area contributed by atoms with Crippen molar-refractivity contribution in [2.45, 2.75) is 11.8 Å². The van der Waals surface area contributed by atoms with E-state index in [1.165, 1.54) is 12.1 Å². The summed E-state index contributed by atoms with van der Waals surface area (Å²) in [5, 5.41) is 6.82. The summed E-state index contributed by atoms with van der Waals surface area (Å²) in [5.41, 5.74) is 1.83. The van der Waals surface area contributed by atoms with Crippen LogP contribution in [0.5, 0.6) is 0 Å². The van der Waals surface area contributed by atoms with Crippen molar-refractivity contribution in [3.63, 3.8) is 0 Å². The Hall–Kier alpha value is -0.620. The van der Waals surface area contributed by atoms with Gasteiger partial charge in [0.1, 0.15) is 18.3 Å². The minimum absolute atomic E-state index is 0.249. The number of amidine groups is 1. The lowest BCUT2D eigenvalue weighted by molar-refractivity contribution is 0.392. The Balaban J connectivity index is 2.48. The first-order chi connectivity index (χ1) is 8.56. The van der Waals surface area contributed by atoms with Crippen LogP contribution in [0.4, 0.5) is 10.1 Å². The molecule has 0 fully saturated rings. The van der Waals surface area contributed by atoms with Crippen molar-refractivity contribution in [2.75, 3.05) is 18.6 Å². The zero-order valence-electron chi connectivity index (χ0n) is 9.96. The van der Waals surface area contributed by atoms with E-state index in [0.29, 0.717) is 18.4 Å². The molecule has 0 unspecified atom stereocenters. The van der Waals surface area contributed by atoms with E-state index >= 15 is 0 Å². The molecule has 97 valence electrons. The molecular weight excluding hydrogens is 365 g/mol. The van der Waals surface area contributed by atoms with Crippen LogP contribution >= 0.6 is 31.9 Å². The summed E-state index contributed by atoms with van der Waals surface area (Å²) >= 11 is 6.83. The van der Waals surface area contributed by atoms with Crippen molar-refractivity contribution in [2.24, 2.45) is 5.10 Å². The summed E-state index contributed by atoms with van der Waals surface area (Å²) in [5.74, 6) is 0.632. The number of rotatable bonds is 3. The van der Waals surface area contributed by atoms with Gasteiger partial charge in [0.05, 0.1) is 5.69 Å². The first-order valence-electron chi connectivity index (χ1n) is 5.46. The van der Waals surface area contributed by atoms with Crippen LogP contribution in [0.2, 0.25) is 0 Å². The molecule has 18 heavy (non-hydrogen) atoms. The highest BCUT2D eigenvalue weighted by molar-refractivity contribution is 9.10. The summed E-state index contributed by atoms with van der Waals surface area (Å²) in [4.78, 5) is 2.05. The van der Waals surface area contributed by atoms with Crippen molar-refractivity contribution in [3.8, 4) is 0 Å². The first-order valence-corrected chi connectivity index (χ1v) is 7.37. The molecule has 1 aliphatic heterocycles. The number of halogens is 3. The number of hydrogen-bond donors (Lipinski definition) is 0. The Morgan fingerprint density at radius 3 is 2.83 bits per heavy atom. The fraction of sp³-hybridized carbons (Fsp3) is 0.333. The molecule has 6 heteroatoms. The fourth-order valence-corrected chi connectivity index (χ4v) is 3.09. The van der Waals surface area contributed by atoms with Crippen LogP contribution in [0.3, 0.4) is 0 Å². The van der Waals surface area contributed by atoms with Crippen LogP contribution < -0.4 is 4.90 Å². The molecule has 1 aliphatic rings.